The lowest BCUT2D eigenvalue weighted by atomic mass is 10.0. The van der Waals surface area contributed by atoms with Gasteiger partial charge >= 0.3 is 5.97 Å². The van der Waals surface area contributed by atoms with E-state index in [9.17, 15) is 4.79 Å². The Labute approximate surface area is 102 Å². The maximum Gasteiger partial charge on any atom is 0.307 e. The van der Waals surface area contributed by atoms with E-state index >= 15 is 0 Å². The van der Waals surface area contributed by atoms with Gasteiger partial charge in [0, 0.05) is 0 Å². The molecule has 0 aromatic carbocycles. The zero-order chi connectivity index (χ0) is 12.1. The average Bonchev–Trinajstić information content (AvgIpc) is 2.90. The molecule has 1 aliphatic rings. The summed E-state index contributed by atoms with van der Waals surface area (Å²) in [4.78, 5) is 13.8. The topological polar surface area (TPSA) is 42.7 Å². The molecule has 0 spiro atoms. The van der Waals surface area contributed by atoms with Crippen LogP contribution in [0.1, 0.15) is 37.5 Å². The molecule has 1 atom stereocenters. The largest absolute Gasteiger partial charge is 0.469 e. The summed E-state index contributed by atoms with van der Waals surface area (Å²) in [5, 5.41) is 0. The molecule has 0 N–H and O–H groups in total. The Balaban J connectivity index is 2.08. The summed E-state index contributed by atoms with van der Waals surface area (Å²) in [5.74, 6) is 0.675. The van der Waals surface area contributed by atoms with E-state index in [2.05, 4.69) is 4.90 Å². The smallest absolute Gasteiger partial charge is 0.307 e. The highest BCUT2D eigenvalue weighted by Gasteiger charge is 2.26. The molecule has 94 valence electrons. The molecule has 4 heteroatoms. The van der Waals surface area contributed by atoms with Gasteiger partial charge in [0.2, 0.25) is 0 Å². The predicted octanol–water partition coefficient (Wildman–Crippen LogP) is 2.37. The summed E-state index contributed by atoms with van der Waals surface area (Å²) in [7, 11) is 1.43. The monoisotopic (exact) mass is 237 g/mol. The van der Waals surface area contributed by atoms with Gasteiger partial charge in [-0.3, -0.25) is 9.69 Å². The standard InChI is InChI=1S/C13H19NO3/c1-16-13(15)10-11(12-6-5-9-17-12)14-7-3-2-4-8-14/h5-6,9,11H,2-4,7-8,10H2,1H3. The summed E-state index contributed by atoms with van der Waals surface area (Å²) in [6.45, 7) is 2.06. The van der Waals surface area contributed by atoms with Crippen molar-refractivity contribution in [2.75, 3.05) is 20.2 Å². The SMILES string of the molecule is COC(=O)CC(c1ccco1)N1CCCCC1. The molecule has 1 aliphatic heterocycles. The van der Waals surface area contributed by atoms with Crippen molar-refractivity contribution in [3.05, 3.63) is 24.2 Å². The first-order valence-electron chi connectivity index (χ1n) is 6.15. The van der Waals surface area contributed by atoms with Crippen LogP contribution in [0.5, 0.6) is 0 Å². The maximum atomic E-state index is 11.5. The van der Waals surface area contributed by atoms with E-state index in [4.69, 9.17) is 9.15 Å². The highest BCUT2D eigenvalue weighted by atomic mass is 16.5. The van der Waals surface area contributed by atoms with Gasteiger partial charge in [-0.25, -0.2) is 0 Å². The summed E-state index contributed by atoms with van der Waals surface area (Å²) in [6.07, 6.45) is 5.68. The zero-order valence-corrected chi connectivity index (χ0v) is 10.2. The summed E-state index contributed by atoms with van der Waals surface area (Å²) in [6, 6.07) is 3.82. The molecule has 0 saturated carbocycles. The van der Waals surface area contributed by atoms with Crippen LogP contribution in [0.25, 0.3) is 0 Å². The molecule has 2 heterocycles. The minimum absolute atomic E-state index is 0.0257. The lowest BCUT2D eigenvalue weighted by Gasteiger charge is -2.32. The van der Waals surface area contributed by atoms with Crippen LogP contribution in [-0.2, 0) is 9.53 Å². The van der Waals surface area contributed by atoms with E-state index < -0.39 is 0 Å². The lowest BCUT2D eigenvalue weighted by molar-refractivity contribution is -0.142. The maximum absolute atomic E-state index is 11.5. The van der Waals surface area contributed by atoms with Crippen molar-refractivity contribution >= 4 is 5.97 Å². The van der Waals surface area contributed by atoms with Crippen molar-refractivity contribution in [3.8, 4) is 0 Å². The number of methoxy groups -OCH3 is 1. The van der Waals surface area contributed by atoms with Gasteiger partial charge in [0.1, 0.15) is 5.76 Å². The number of furan rings is 1. The van der Waals surface area contributed by atoms with E-state index in [1.54, 1.807) is 6.26 Å². The van der Waals surface area contributed by atoms with E-state index in [-0.39, 0.29) is 12.0 Å². The fraction of sp³-hybridized carbons (Fsp3) is 0.615. The number of ether oxygens (including phenoxy) is 1. The van der Waals surface area contributed by atoms with Crippen LogP contribution >= 0.6 is 0 Å². The second-order valence-corrected chi connectivity index (χ2v) is 4.41. The Hall–Kier alpha value is -1.29. The summed E-state index contributed by atoms with van der Waals surface area (Å²) < 4.78 is 10.2. The Bertz CT molecular complexity index is 342. The number of carbonyl (C=O) groups excluding carboxylic acids is 1. The molecule has 0 radical (unpaired) electrons. The van der Waals surface area contributed by atoms with Crippen molar-refractivity contribution in [2.45, 2.75) is 31.7 Å². The molecule has 1 fully saturated rings. The quantitative estimate of drug-likeness (QED) is 0.754. The Kier molecular flexibility index (Phi) is 4.20. The first-order valence-corrected chi connectivity index (χ1v) is 6.15. The van der Waals surface area contributed by atoms with Crippen LogP contribution in [0.15, 0.2) is 22.8 Å². The summed E-state index contributed by atoms with van der Waals surface area (Å²) >= 11 is 0. The molecular formula is C13H19NO3. The van der Waals surface area contributed by atoms with Crippen LogP contribution in [0.2, 0.25) is 0 Å². The molecule has 1 aromatic heterocycles. The first-order chi connectivity index (χ1) is 8.31. The Morgan fingerprint density at radius 3 is 2.82 bits per heavy atom. The second-order valence-electron chi connectivity index (χ2n) is 4.41. The number of likely N-dealkylation sites (tertiary alicyclic amines) is 1. The molecule has 4 nitrogen and oxygen atoms in total. The van der Waals surface area contributed by atoms with E-state index in [0.717, 1.165) is 18.8 Å². The molecule has 2 rings (SSSR count). The normalized spacial score (nSPS) is 18.9. The van der Waals surface area contributed by atoms with Gasteiger partial charge < -0.3 is 9.15 Å². The van der Waals surface area contributed by atoms with Crippen LogP contribution in [0.3, 0.4) is 0 Å². The van der Waals surface area contributed by atoms with Crippen molar-refractivity contribution in [1.29, 1.82) is 0 Å². The number of rotatable bonds is 4. The van der Waals surface area contributed by atoms with Crippen LogP contribution in [0.4, 0.5) is 0 Å². The number of nitrogens with zero attached hydrogens (tertiary/aromatic N) is 1. The lowest BCUT2D eigenvalue weighted by Crippen LogP contribution is -2.34. The molecule has 17 heavy (non-hydrogen) atoms. The molecular weight excluding hydrogens is 218 g/mol. The summed E-state index contributed by atoms with van der Waals surface area (Å²) in [5.41, 5.74) is 0. The highest BCUT2D eigenvalue weighted by molar-refractivity contribution is 5.70. The van der Waals surface area contributed by atoms with E-state index in [1.807, 2.05) is 12.1 Å². The number of esters is 1. The van der Waals surface area contributed by atoms with E-state index in [0.29, 0.717) is 6.42 Å². The number of hydrogen-bond acceptors (Lipinski definition) is 4. The van der Waals surface area contributed by atoms with Crippen LogP contribution in [-0.4, -0.2) is 31.1 Å². The third-order valence-corrected chi connectivity index (χ3v) is 3.29. The van der Waals surface area contributed by atoms with Gasteiger partial charge in [0.05, 0.1) is 25.8 Å². The van der Waals surface area contributed by atoms with Gasteiger partial charge in [0.25, 0.3) is 0 Å². The zero-order valence-electron chi connectivity index (χ0n) is 10.2. The average molecular weight is 237 g/mol. The Morgan fingerprint density at radius 2 is 2.24 bits per heavy atom. The van der Waals surface area contributed by atoms with Gasteiger partial charge in [-0.2, -0.15) is 0 Å². The van der Waals surface area contributed by atoms with Gasteiger partial charge in [-0.15, -0.1) is 0 Å². The molecule has 0 amide bonds. The molecule has 0 aliphatic carbocycles. The van der Waals surface area contributed by atoms with Gasteiger partial charge in [-0.1, -0.05) is 6.42 Å². The third-order valence-electron chi connectivity index (χ3n) is 3.29. The number of piperidine rings is 1. The molecule has 1 saturated heterocycles. The van der Waals surface area contributed by atoms with Gasteiger partial charge in [-0.05, 0) is 38.1 Å². The second kappa shape index (κ2) is 5.87. The molecule has 1 unspecified atom stereocenters. The fourth-order valence-corrected chi connectivity index (χ4v) is 2.36. The van der Waals surface area contributed by atoms with Crippen LogP contribution < -0.4 is 0 Å². The van der Waals surface area contributed by atoms with Crippen molar-refractivity contribution < 1.29 is 13.9 Å². The fourth-order valence-electron chi connectivity index (χ4n) is 2.36. The molecule has 0 bridgehead atoms. The highest BCUT2D eigenvalue weighted by Crippen LogP contribution is 2.28. The minimum atomic E-state index is -0.183. The van der Waals surface area contributed by atoms with Crippen molar-refractivity contribution in [1.82, 2.24) is 4.90 Å². The number of hydrogen-bond donors (Lipinski definition) is 0. The third kappa shape index (κ3) is 3.09. The van der Waals surface area contributed by atoms with E-state index in [1.165, 1.54) is 26.4 Å². The Morgan fingerprint density at radius 1 is 1.47 bits per heavy atom. The molecule has 1 aromatic rings. The number of carbonyl (C=O) groups is 1. The minimum Gasteiger partial charge on any atom is -0.469 e. The first kappa shape index (κ1) is 12.2. The van der Waals surface area contributed by atoms with Crippen molar-refractivity contribution in [2.24, 2.45) is 0 Å². The predicted molar refractivity (Wildman–Crippen MR) is 63.5 cm³/mol. The van der Waals surface area contributed by atoms with Gasteiger partial charge in [0.15, 0.2) is 0 Å². The van der Waals surface area contributed by atoms with Crippen molar-refractivity contribution in [3.63, 3.8) is 0 Å². The van der Waals surface area contributed by atoms with Crippen LogP contribution in [0, 0.1) is 0 Å².